The van der Waals surface area contributed by atoms with E-state index in [0.29, 0.717) is 28.4 Å². The standard InChI is InChI=1S/C35H36O8/c1-21(2)31(36)41-26-13-9-24(10-14-26)28-17-23(5)18-29(25-11-15-27(16-12-25)42-32(37)22(3)4)30(28)43-33(38)35(8)19-39-34(6,7)40-20-35/h9-18H,1,3,19-20H2,2,4-8H3. The summed E-state index contributed by atoms with van der Waals surface area (Å²) in [6.45, 7) is 17.9. The lowest BCUT2D eigenvalue weighted by atomic mass is 9.91. The zero-order valence-corrected chi connectivity index (χ0v) is 25.4. The molecule has 0 N–H and O–H groups in total. The molecule has 1 heterocycles. The van der Waals surface area contributed by atoms with Gasteiger partial charge in [-0.3, -0.25) is 4.79 Å². The van der Waals surface area contributed by atoms with Gasteiger partial charge < -0.3 is 23.7 Å². The lowest BCUT2D eigenvalue weighted by molar-refractivity contribution is -0.279. The molecule has 0 atom stereocenters. The zero-order chi connectivity index (χ0) is 31.5. The molecular weight excluding hydrogens is 548 g/mol. The predicted octanol–water partition coefficient (Wildman–Crippen LogP) is 6.99. The van der Waals surface area contributed by atoms with E-state index in [9.17, 15) is 14.4 Å². The Morgan fingerprint density at radius 1 is 0.698 bits per heavy atom. The van der Waals surface area contributed by atoms with Crippen molar-refractivity contribution in [1.29, 1.82) is 0 Å². The van der Waals surface area contributed by atoms with Gasteiger partial charge in [-0.05, 0) is 94.6 Å². The maximum absolute atomic E-state index is 13.7. The summed E-state index contributed by atoms with van der Waals surface area (Å²) in [7, 11) is 0. The predicted molar refractivity (Wildman–Crippen MR) is 163 cm³/mol. The van der Waals surface area contributed by atoms with Crippen LogP contribution in [0.1, 0.15) is 40.2 Å². The smallest absolute Gasteiger partial charge is 0.338 e. The number of carbonyl (C=O) groups is 3. The molecule has 1 fully saturated rings. The largest absolute Gasteiger partial charge is 0.425 e. The Morgan fingerprint density at radius 2 is 1.09 bits per heavy atom. The minimum atomic E-state index is -1.05. The van der Waals surface area contributed by atoms with E-state index in [2.05, 4.69) is 13.2 Å². The Balaban J connectivity index is 1.77. The first kappa shape index (κ1) is 31.4. The van der Waals surface area contributed by atoms with Crippen LogP contribution in [0.15, 0.2) is 85.0 Å². The van der Waals surface area contributed by atoms with Crippen LogP contribution in [0, 0.1) is 12.3 Å². The first-order valence-corrected chi connectivity index (χ1v) is 13.8. The molecule has 0 aromatic heterocycles. The molecule has 0 aliphatic carbocycles. The van der Waals surface area contributed by atoms with Crippen molar-refractivity contribution in [2.24, 2.45) is 5.41 Å². The van der Waals surface area contributed by atoms with Crippen LogP contribution in [0.3, 0.4) is 0 Å². The fraction of sp³-hybridized carbons (Fsp3) is 0.286. The molecule has 0 amide bonds. The minimum Gasteiger partial charge on any atom is -0.425 e. The summed E-state index contributed by atoms with van der Waals surface area (Å²) in [6, 6.07) is 17.7. The molecule has 0 unspecified atom stereocenters. The molecule has 0 radical (unpaired) electrons. The van der Waals surface area contributed by atoms with Gasteiger partial charge in [-0.2, -0.15) is 0 Å². The SMILES string of the molecule is C=C(C)C(=O)Oc1ccc(-c2cc(C)cc(-c3ccc(OC(=O)C(=C)C)cc3)c2OC(=O)C2(C)COC(C)(C)OC2)cc1. The average molecular weight is 585 g/mol. The van der Waals surface area contributed by atoms with Crippen LogP contribution < -0.4 is 14.2 Å². The highest BCUT2D eigenvalue weighted by Gasteiger charge is 2.44. The van der Waals surface area contributed by atoms with Crippen LogP contribution >= 0.6 is 0 Å². The van der Waals surface area contributed by atoms with Crippen molar-refractivity contribution in [3.8, 4) is 39.5 Å². The molecule has 1 saturated heterocycles. The molecule has 3 aromatic rings. The lowest BCUT2D eigenvalue weighted by Gasteiger charge is -2.39. The molecule has 3 aromatic carbocycles. The molecule has 4 rings (SSSR count). The third-order valence-corrected chi connectivity index (χ3v) is 6.85. The third kappa shape index (κ3) is 7.46. The minimum absolute atomic E-state index is 0.126. The van der Waals surface area contributed by atoms with Crippen molar-refractivity contribution in [3.05, 3.63) is 90.5 Å². The topological polar surface area (TPSA) is 97.4 Å². The van der Waals surface area contributed by atoms with Crippen molar-refractivity contribution >= 4 is 17.9 Å². The second-order valence-corrected chi connectivity index (χ2v) is 11.5. The lowest BCUT2D eigenvalue weighted by Crippen LogP contribution is -2.50. The maximum Gasteiger partial charge on any atom is 0.338 e. The van der Waals surface area contributed by atoms with Gasteiger partial charge in [0.2, 0.25) is 0 Å². The number of esters is 3. The summed E-state index contributed by atoms with van der Waals surface area (Å²) in [6.07, 6.45) is 0. The Morgan fingerprint density at radius 3 is 1.47 bits per heavy atom. The van der Waals surface area contributed by atoms with Gasteiger partial charge in [0, 0.05) is 22.3 Å². The van der Waals surface area contributed by atoms with E-state index in [4.69, 9.17) is 23.7 Å². The van der Waals surface area contributed by atoms with E-state index >= 15 is 0 Å². The normalized spacial score (nSPS) is 15.2. The fourth-order valence-electron chi connectivity index (χ4n) is 4.19. The number of carbonyl (C=O) groups excluding carboxylic acids is 3. The average Bonchev–Trinajstić information content (AvgIpc) is 2.96. The zero-order valence-electron chi connectivity index (χ0n) is 25.4. The number of ether oxygens (including phenoxy) is 5. The molecule has 0 bridgehead atoms. The molecule has 8 nitrogen and oxygen atoms in total. The second kappa shape index (κ2) is 12.4. The van der Waals surface area contributed by atoms with Crippen LogP contribution in [-0.4, -0.2) is 36.9 Å². The van der Waals surface area contributed by atoms with Gasteiger partial charge in [-0.1, -0.05) is 37.4 Å². The van der Waals surface area contributed by atoms with Crippen molar-refractivity contribution in [1.82, 2.24) is 0 Å². The van der Waals surface area contributed by atoms with E-state index < -0.39 is 29.1 Å². The highest BCUT2D eigenvalue weighted by atomic mass is 16.7. The van der Waals surface area contributed by atoms with E-state index in [1.807, 2.05) is 19.1 Å². The van der Waals surface area contributed by atoms with Crippen molar-refractivity contribution in [2.75, 3.05) is 13.2 Å². The molecule has 224 valence electrons. The van der Waals surface area contributed by atoms with Gasteiger partial charge in [0.05, 0.1) is 13.2 Å². The molecule has 1 aliphatic heterocycles. The highest BCUT2D eigenvalue weighted by molar-refractivity contribution is 5.91. The quantitative estimate of drug-likeness (QED) is 0.159. The molecule has 0 spiro atoms. The van der Waals surface area contributed by atoms with E-state index in [0.717, 1.165) is 16.7 Å². The molecule has 43 heavy (non-hydrogen) atoms. The van der Waals surface area contributed by atoms with Crippen LogP contribution in [0.4, 0.5) is 0 Å². The Kier molecular flexibility index (Phi) is 9.04. The molecular formula is C35H36O8. The maximum atomic E-state index is 13.7. The highest BCUT2D eigenvalue weighted by Crippen LogP contribution is 2.43. The summed E-state index contributed by atoms with van der Waals surface area (Å²) in [4.78, 5) is 37.7. The van der Waals surface area contributed by atoms with E-state index in [1.165, 1.54) is 0 Å². The van der Waals surface area contributed by atoms with E-state index in [-0.39, 0.29) is 24.4 Å². The van der Waals surface area contributed by atoms with Gasteiger partial charge >= 0.3 is 17.9 Å². The monoisotopic (exact) mass is 584 g/mol. The van der Waals surface area contributed by atoms with Crippen molar-refractivity contribution < 1.29 is 38.1 Å². The molecule has 8 heteroatoms. The van der Waals surface area contributed by atoms with E-state index in [1.54, 1.807) is 83.1 Å². The van der Waals surface area contributed by atoms with Gasteiger partial charge in [-0.25, -0.2) is 9.59 Å². The van der Waals surface area contributed by atoms with Gasteiger partial charge in [0.1, 0.15) is 22.7 Å². The summed E-state index contributed by atoms with van der Waals surface area (Å²) >= 11 is 0. The Bertz CT molecular complexity index is 1480. The number of aryl methyl sites for hydroxylation is 1. The van der Waals surface area contributed by atoms with Crippen LogP contribution in [0.2, 0.25) is 0 Å². The van der Waals surface area contributed by atoms with Gasteiger partial charge in [0.15, 0.2) is 5.79 Å². The summed E-state index contributed by atoms with van der Waals surface area (Å²) in [5.41, 5.74) is 3.22. The summed E-state index contributed by atoms with van der Waals surface area (Å²) in [5, 5.41) is 0. The number of hydrogen-bond donors (Lipinski definition) is 0. The second-order valence-electron chi connectivity index (χ2n) is 11.5. The van der Waals surface area contributed by atoms with Crippen molar-refractivity contribution in [2.45, 2.75) is 47.3 Å². The summed E-state index contributed by atoms with van der Waals surface area (Å²) in [5.74, 6) is -1.31. The first-order chi connectivity index (χ1) is 20.2. The third-order valence-electron chi connectivity index (χ3n) is 6.85. The van der Waals surface area contributed by atoms with Gasteiger partial charge in [-0.15, -0.1) is 0 Å². The van der Waals surface area contributed by atoms with Crippen molar-refractivity contribution in [3.63, 3.8) is 0 Å². The number of benzene rings is 3. The van der Waals surface area contributed by atoms with Crippen LogP contribution in [0.25, 0.3) is 22.3 Å². The van der Waals surface area contributed by atoms with Crippen LogP contribution in [0.5, 0.6) is 17.2 Å². The summed E-state index contributed by atoms with van der Waals surface area (Å²) < 4.78 is 28.5. The fourth-order valence-corrected chi connectivity index (χ4v) is 4.19. The van der Waals surface area contributed by atoms with Crippen LogP contribution in [-0.2, 0) is 23.9 Å². The Labute approximate surface area is 251 Å². The number of rotatable bonds is 8. The number of hydrogen-bond acceptors (Lipinski definition) is 8. The first-order valence-electron chi connectivity index (χ1n) is 13.8. The Hall–Kier alpha value is -4.53. The molecule has 0 saturated carbocycles. The molecule has 1 aliphatic rings. The van der Waals surface area contributed by atoms with Gasteiger partial charge in [0.25, 0.3) is 0 Å².